The third-order valence-corrected chi connectivity index (χ3v) is 7.84. The summed E-state index contributed by atoms with van der Waals surface area (Å²) in [6.45, 7) is 2.09. The standard InChI is InChI=1S/C20H21ClF2N4O4S.ClH/c21-14-8-15(22)12(7-16(14)23)18-24-17-10-32(29,30)9-13(17)19(25-18)26-3-1-11(2-4-26)27-5-6-31-20(27)28;/h7-8,11,29-30H,1-6,9-10H2;1H. The summed E-state index contributed by atoms with van der Waals surface area (Å²) in [5, 5.41) is -0.343. The average Bonchev–Trinajstić information content (AvgIpc) is 3.31. The van der Waals surface area contributed by atoms with E-state index in [9.17, 15) is 22.7 Å². The van der Waals surface area contributed by atoms with Gasteiger partial charge in [-0.3, -0.25) is 9.11 Å². The van der Waals surface area contributed by atoms with E-state index < -0.39 is 22.2 Å². The van der Waals surface area contributed by atoms with Gasteiger partial charge in [0.2, 0.25) is 0 Å². The van der Waals surface area contributed by atoms with E-state index in [1.807, 2.05) is 4.90 Å². The first-order valence-electron chi connectivity index (χ1n) is 10.2. The van der Waals surface area contributed by atoms with Crippen molar-refractivity contribution in [2.45, 2.75) is 30.4 Å². The maximum Gasteiger partial charge on any atom is 0.410 e. The van der Waals surface area contributed by atoms with Gasteiger partial charge >= 0.3 is 6.09 Å². The number of amides is 1. The van der Waals surface area contributed by atoms with Gasteiger partial charge in [0.25, 0.3) is 0 Å². The van der Waals surface area contributed by atoms with E-state index in [-0.39, 0.29) is 52.5 Å². The predicted octanol–water partition coefficient (Wildman–Crippen LogP) is 4.68. The van der Waals surface area contributed by atoms with Crippen LogP contribution in [0.3, 0.4) is 0 Å². The van der Waals surface area contributed by atoms with Crippen LogP contribution in [0.2, 0.25) is 5.02 Å². The molecule has 2 N–H and O–H groups in total. The molecule has 2 fully saturated rings. The van der Waals surface area contributed by atoms with Crippen LogP contribution in [0.15, 0.2) is 12.1 Å². The van der Waals surface area contributed by atoms with E-state index in [1.54, 1.807) is 4.90 Å². The Morgan fingerprint density at radius 1 is 1.09 bits per heavy atom. The van der Waals surface area contributed by atoms with Crippen molar-refractivity contribution in [3.05, 3.63) is 40.0 Å². The lowest BCUT2D eigenvalue weighted by molar-refractivity contribution is 0.142. The van der Waals surface area contributed by atoms with Gasteiger partial charge < -0.3 is 14.5 Å². The fraction of sp³-hybridized carbons (Fsp3) is 0.450. The van der Waals surface area contributed by atoms with Crippen molar-refractivity contribution in [1.82, 2.24) is 14.9 Å². The number of anilines is 1. The molecule has 3 aliphatic rings. The summed E-state index contributed by atoms with van der Waals surface area (Å²) < 4.78 is 54.2. The summed E-state index contributed by atoms with van der Waals surface area (Å²) in [4.78, 5) is 24.4. The molecule has 0 spiro atoms. The zero-order chi connectivity index (χ0) is 22.6. The topological polar surface area (TPSA) is 99.0 Å². The number of carbonyl (C=O) groups is 1. The fourth-order valence-corrected chi connectivity index (χ4v) is 6.18. The number of aromatic nitrogens is 2. The zero-order valence-corrected chi connectivity index (χ0v) is 19.7. The highest BCUT2D eigenvalue weighted by molar-refractivity contribution is 8.23. The molecule has 33 heavy (non-hydrogen) atoms. The number of cyclic esters (lactones) is 1. The second kappa shape index (κ2) is 9.03. The second-order valence-corrected chi connectivity index (χ2v) is 10.7. The Morgan fingerprint density at radius 3 is 2.48 bits per heavy atom. The van der Waals surface area contributed by atoms with Gasteiger partial charge in [-0.25, -0.2) is 23.5 Å². The van der Waals surface area contributed by atoms with Crippen molar-refractivity contribution in [3.8, 4) is 11.4 Å². The van der Waals surface area contributed by atoms with Crippen molar-refractivity contribution in [2.24, 2.45) is 0 Å². The molecule has 0 bridgehead atoms. The zero-order valence-electron chi connectivity index (χ0n) is 17.3. The first-order chi connectivity index (χ1) is 15.2. The number of piperidine rings is 1. The Balaban J connectivity index is 0.00000259. The largest absolute Gasteiger partial charge is 0.448 e. The quantitative estimate of drug-likeness (QED) is 0.564. The molecule has 2 aromatic rings. The minimum Gasteiger partial charge on any atom is -0.448 e. The normalized spacial score (nSPS) is 20.9. The summed E-state index contributed by atoms with van der Waals surface area (Å²) in [6, 6.07) is 1.87. The molecule has 1 aromatic heterocycles. The summed E-state index contributed by atoms with van der Waals surface area (Å²) in [5.74, 6) is -1.14. The van der Waals surface area contributed by atoms with E-state index in [0.29, 0.717) is 56.2 Å². The van der Waals surface area contributed by atoms with Gasteiger partial charge in [0.1, 0.15) is 24.1 Å². The highest BCUT2D eigenvalue weighted by Gasteiger charge is 2.36. The Hall–Kier alpha value is -1.92. The Kier molecular flexibility index (Phi) is 6.62. The first-order valence-corrected chi connectivity index (χ1v) is 12.4. The maximum atomic E-state index is 14.6. The molecule has 0 atom stereocenters. The lowest BCUT2D eigenvalue weighted by Gasteiger charge is -2.37. The highest BCUT2D eigenvalue weighted by Crippen LogP contribution is 2.54. The van der Waals surface area contributed by atoms with Crippen molar-refractivity contribution in [1.29, 1.82) is 0 Å². The molecule has 180 valence electrons. The minimum atomic E-state index is -2.91. The number of hydrogen-bond donors (Lipinski definition) is 2. The van der Waals surface area contributed by atoms with E-state index in [0.717, 1.165) is 12.1 Å². The van der Waals surface area contributed by atoms with Gasteiger partial charge in [-0.2, -0.15) is 10.6 Å². The van der Waals surface area contributed by atoms with Gasteiger partial charge in [-0.05, 0) is 25.0 Å². The smallest absolute Gasteiger partial charge is 0.410 e. The molecule has 0 unspecified atom stereocenters. The maximum absolute atomic E-state index is 14.6. The lowest BCUT2D eigenvalue weighted by Crippen LogP contribution is -2.45. The van der Waals surface area contributed by atoms with Crippen molar-refractivity contribution < 1.29 is 27.4 Å². The molecular weight excluding hydrogens is 501 g/mol. The van der Waals surface area contributed by atoms with Gasteiger partial charge in [0.05, 0.1) is 34.3 Å². The number of rotatable bonds is 3. The average molecular weight is 523 g/mol. The lowest BCUT2D eigenvalue weighted by atomic mass is 10.0. The third-order valence-electron chi connectivity index (χ3n) is 6.06. The number of halogens is 4. The highest BCUT2D eigenvalue weighted by atomic mass is 35.5. The summed E-state index contributed by atoms with van der Waals surface area (Å²) in [6.07, 6.45) is 1.06. The number of ether oxygens (including phenoxy) is 1. The monoisotopic (exact) mass is 522 g/mol. The second-order valence-electron chi connectivity index (χ2n) is 8.16. The van der Waals surface area contributed by atoms with Crippen LogP contribution in [0.1, 0.15) is 24.1 Å². The number of fused-ring (bicyclic) bond motifs is 1. The summed E-state index contributed by atoms with van der Waals surface area (Å²) in [7, 11) is -2.91. The van der Waals surface area contributed by atoms with Gasteiger partial charge in [-0.1, -0.05) is 11.6 Å². The van der Waals surface area contributed by atoms with Crippen LogP contribution >= 0.6 is 34.6 Å². The van der Waals surface area contributed by atoms with Gasteiger partial charge in [0.15, 0.2) is 5.82 Å². The number of benzene rings is 1. The fourth-order valence-electron chi connectivity index (χ4n) is 4.49. The molecule has 1 aromatic carbocycles. The first kappa shape index (κ1) is 24.2. The molecule has 2 saturated heterocycles. The molecule has 5 rings (SSSR count). The Bertz CT molecular complexity index is 1100. The van der Waals surface area contributed by atoms with Gasteiger partial charge in [-0.15, -0.1) is 12.4 Å². The van der Waals surface area contributed by atoms with E-state index in [4.69, 9.17) is 16.3 Å². The molecule has 1 amide bonds. The molecule has 0 saturated carbocycles. The van der Waals surface area contributed by atoms with Crippen LogP contribution in [0.5, 0.6) is 0 Å². The summed E-state index contributed by atoms with van der Waals surface area (Å²) >= 11 is 5.67. The van der Waals surface area contributed by atoms with Crippen LogP contribution in [0.4, 0.5) is 19.4 Å². The SMILES string of the molecule is Cl.O=C1OCCN1C1CCN(c2nc(-c3cc(F)c(Cl)cc3F)nc3c2CS(O)(O)C3)CC1. The van der Waals surface area contributed by atoms with Gasteiger partial charge in [0, 0.05) is 24.7 Å². The Morgan fingerprint density at radius 2 is 1.82 bits per heavy atom. The van der Waals surface area contributed by atoms with Crippen LogP contribution in [0.25, 0.3) is 11.4 Å². The molecule has 3 aliphatic heterocycles. The van der Waals surface area contributed by atoms with Crippen molar-refractivity contribution >= 4 is 46.5 Å². The summed E-state index contributed by atoms with van der Waals surface area (Å²) in [5.41, 5.74) is 0.890. The van der Waals surface area contributed by atoms with Crippen LogP contribution in [-0.4, -0.2) is 62.3 Å². The molecule has 0 aliphatic carbocycles. The molecule has 0 radical (unpaired) electrons. The van der Waals surface area contributed by atoms with Crippen molar-refractivity contribution in [3.63, 3.8) is 0 Å². The van der Waals surface area contributed by atoms with Crippen LogP contribution < -0.4 is 4.90 Å². The van der Waals surface area contributed by atoms with Crippen molar-refractivity contribution in [2.75, 3.05) is 31.1 Å². The minimum absolute atomic E-state index is 0. The molecule has 13 heteroatoms. The number of hydrogen-bond acceptors (Lipinski definition) is 7. The third kappa shape index (κ3) is 4.57. The number of nitrogens with zero attached hydrogens (tertiary/aromatic N) is 4. The van der Waals surface area contributed by atoms with Crippen LogP contribution in [-0.2, 0) is 16.2 Å². The Labute approximate surface area is 201 Å². The predicted molar refractivity (Wildman–Crippen MR) is 123 cm³/mol. The van der Waals surface area contributed by atoms with E-state index in [2.05, 4.69) is 9.97 Å². The molecule has 4 heterocycles. The molecule has 8 nitrogen and oxygen atoms in total. The molecular formula is C20H22Cl2F2N4O4S. The van der Waals surface area contributed by atoms with Crippen LogP contribution in [0, 0.1) is 11.6 Å². The van der Waals surface area contributed by atoms with E-state index >= 15 is 0 Å². The van der Waals surface area contributed by atoms with E-state index in [1.165, 1.54) is 0 Å². The number of carbonyl (C=O) groups excluding carboxylic acids is 1.